The summed E-state index contributed by atoms with van der Waals surface area (Å²) in [7, 11) is 0. The highest BCUT2D eigenvalue weighted by Gasteiger charge is 2.04. The fourth-order valence-electron chi connectivity index (χ4n) is 1.32. The Kier molecular flexibility index (Phi) is 4.17. The number of hydrogen-bond donors (Lipinski definition) is 2. The van der Waals surface area contributed by atoms with Crippen molar-refractivity contribution < 1.29 is 14.6 Å². The topological polar surface area (TPSA) is 58.6 Å². The van der Waals surface area contributed by atoms with Crippen molar-refractivity contribution >= 4 is 11.7 Å². The highest BCUT2D eigenvalue weighted by molar-refractivity contribution is 5.72. The van der Waals surface area contributed by atoms with E-state index in [1.165, 1.54) is 0 Å². The van der Waals surface area contributed by atoms with E-state index in [9.17, 15) is 4.79 Å². The summed E-state index contributed by atoms with van der Waals surface area (Å²) in [6.07, 6.45) is 0.136. The van der Waals surface area contributed by atoms with Crippen LogP contribution in [-0.4, -0.2) is 23.7 Å². The molecule has 88 valence electrons. The van der Waals surface area contributed by atoms with Crippen LogP contribution in [0, 0.1) is 6.92 Å². The number of carboxylic acids is 1. The first-order chi connectivity index (χ1) is 7.49. The number of aliphatic carboxylic acids is 1. The van der Waals surface area contributed by atoms with Crippen molar-refractivity contribution in [2.24, 2.45) is 0 Å². The average molecular weight is 223 g/mol. The molecule has 0 radical (unpaired) electrons. The van der Waals surface area contributed by atoms with E-state index in [-0.39, 0.29) is 12.6 Å². The van der Waals surface area contributed by atoms with Gasteiger partial charge in [-0.2, -0.15) is 0 Å². The molecule has 0 saturated heterocycles. The van der Waals surface area contributed by atoms with Crippen LogP contribution in [-0.2, 0) is 4.79 Å². The number of rotatable bonds is 5. The molecule has 0 aliphatic rings. The normalized spacial score (nSPS) is 10.2. The second-order valence-corrected chi connectivity index (χ2v) is 3.89. The summed E-state index contributed by atoms with van der Waals surface area (Å²) in [5.41, 5.74) is 1.78. The van der Waals surface area contributed by atoms with Crippen LogP contribution in [0.3, 0.4) is 0 Å². The third kappa shape index (κ3) is 3.81. The Morgan fingerprint density at radius 2 is 2.19 bits per heavy atom. The Hall–Kier alpha value is -1.71. The molecule has 1 aromatic rings. The van der Waals surface area contributed by atoms with Crippen LogP contribution in [0.2, 0.25) is 0 Å². The first-order valence-electron chi connectivity index (χ1n) is 5.22. The van der Waals surface area contributed by atoms with Crippen LogP contribution in [0.5, 0.6) is 5.75 Å². The standard InChI is InChI=1S/C12H17NO3/c1-8(2)16-11-5-4-10(6-9(11)3)13-7-12(14)15/h4-6,8,13H,7H2,1-3H3,(H,14,15). The molecule has 0 aliphatic carbocycles. The number of aryl methyl sites for hydroxylation is 1. The summed E-state index contributed by atoms with van der Waals surface area (Å²) in [6, 6.07) is 5.54. The van der Waals surface area contributed by atoms with Crippen LogP contribution < -0.4 is 10.1 Å². The molecule has 0 atom stereocenters. The lowest BCUT2D eigenvalue weighted by molar-refractivity contribution is -0.134. The summed E-state index contributed by atoms with van der Waals surface area (Å²) in [4.78, 5) is 10.4. The average Bonchev–Trinajstić information content (AvgIpc) is 2.18. The molecule has 2 N–H and O–H groups in total. The predicted octanol–water partition coefficient (Wildman–Crippen LogP) is 2.28. The Morgan fingerprint density at radius 3 is 2.69 bits per heavy atom. The van der Waals surface area contributed by atoms with E-state index in [2.05, 4.69) is 5.32 Å². The van der Waals surface area contributed by atoms with Gasteiger partial charge in [-0.15, -0.1) is 0 Å². The zero-order valence-corrected chi connectivity index (χ0v) is 9.78. The molecule has 0 aliphatic heterocycles. The van der Waals surface area contributed by atoms with Crippen molar-refractivity contribution in [3.8, 4) is 5.75 Å². The van der Waals surface area contributed by atoms with Crippen molar-refractivity contribution in [1.82, 2.24) is 0 Å². The number of benzene rings is 1. The van der Waals surface area contributed by atoms with E-state index in [0.717, 1.165) is 17.0 Å². The molecule has 0 unspecified atom stereocenters. The van der Waals surface area contributed by atoms with Gasteiger partial charge in [0.05, 0.1) is 6.10 Å². The molecule has 0 fully saturated rings. The third-order valence-corrected chi connectivity index (χ3v) is 1.98. The minimum absolute atomic E-state index is 0.0795. The predicted molar refractivity (Wildman–Crippen MR) is 63.1 cm³/mol. The second-order valence-electron chi connectivity index (χ2n) is 3.89. The number of carboxylic acid groups (broad SMARTS) is 1. The minimum atomic E-state index is -0.875. The summed E-state index contributed by atoms with van der Waals surface area (Å²) in [5, 5.41) is 11.3. The molecule has 0 saturated carbocycles. The van der Waals surface area contributed by atoms with Crippen LogP contribution in [0.4, 0.5) is 5.69 Å². The Labute approximate surface area is 95.2 Å². The molecule has 0 heterocycles. The number of anilines is 1. The van der Waals surface area contributed by atoms with Gasteiger partial charge in [-0.05, 0) is 44.5 Å². The third-order valence-electron chi connectivity index (χ3n) is 1.98. The molecule has 0 amide bonds. The first kappa shape index (κ1) is 12.4. The maximum atomic E-state index is 10.4. The van der Waals surface area contributed by atoms with Crippen molar-refractivity contribution in [3.05, 3.63) is 23.8 Å². The van der Waals surface area contributed by atoms with Gasteiger partial charge in [0.25, 0.3) is 0 Å². The number of hydrogen-bond acceptors (Lipinski definition) is 3. The fraction of sp³-hybridized carbons (Fsp3) is 0.417. The van der Waals surface area contributed by atoms with Gasteiger partial charge >= 0.3 is 5.97 Å². The SMILES string of the molecule is Cc1cc(NCC(=O)O)ccc1OC(C)C. The van der Waals surface area contributed by atoms with Gasteiger partial charge in [-0.1, -0.05) is 0 Å². The quantitative estimate of drug-likeness (QED) is 0.804. The molecule has 4 nitrogen and oxygen atoms in total. The minimum Gasteiger partial charge on any atom is -0.491 e. The lowest BCUT2D eigenvalue weighted by Gasteiger charge is -2.13. The highest BCUT2D eigenvalue weighted by atomic mass is 16.5. The summed E-state index contributed by atoms with van der Waals surface area (Å²) in [5.74, 6) is -0.0453. The molecule has 16 heavy (non-hydrogen) atoms. The van der Waals surface area contributed by atoms with Gasteiger partial charge in [0.2, 0.25) is 0 Å². The maximum absolute atomic E-state index is 10.4. The lowest BCUT2D eigenvalue weighted by Crippen LogP contribution is -2.12. The highest BCUT2D eigenvalue weighted by Crippen LogP contribution is 2.22. The lowest BCUT2D eigenvalue weighted by atomic mass is 10.2. The van der Waals surface area contributed by atoms with Crippen molar-refractivity contribution in [2.45, 2.75) is 26.9 Å². The van der Waals surface area contributed by atoms with Crippen LogP contribution in [0.25, 0.3) is 0 Å². The van der Waals surface area contributed by atoms with E-state index in [4.69, 9.17) is 9.84 Å². The maximum Gasteiger partial charge on any atom is 0.322 e. The van der Waals surface area contributed by atoms with Gasteiger partial charge < -0.3 is 15.2 Å². The van der Waals surface area contributed by atoms with Crippen molar-refractivity contribution in [1.29, 1.82) is 0 Å². The molecular weight excluding hydrogens is 206 g/mol. The number of carbonyl (C=O) groups is 1. The van der Waals surface area contributed by atoms with Crippen LogP contribution >= 0.6 is 0 Å². The van der Waals surface area contributed by atoms with E-state index in [0.29, 0.717) is 0 Å². The van der Waals surface area contributed by atoms with Gasteiger partial charge in [-0.25, -0.2) is 0 Å². The van der Waals surface area contributed by atoms with E-state index in [1.807, 2.05) is 39.0 Å². The van der Waals surface area contributed by atoms with Crippen molar-refractivity contribution in [2.75, 3.05) is 11.9 Å². The summed E-state index contributed by atoms with van der Waals surface area (Å²) < 4.78 is 5.58. The molecule has 1 rings (SSSR count). The zero-order chi connectivity index (χ0) is 12.1. The monoisotopic (exact) mass is 223 g/mol. The largest absolute Gasteiger partial charge is 0.491 e. The van der Waals surface area contributed by atoms with E-state index < -0.39 is 5.97 Å². The van der Waals surface area contributed by atoms with Crippen molar-refractivity contribution in [3.63, 3.8) is 0 Å². The van der Waals surface area contributed by atoms with Crippen LogP contribution in [0.15, 0.2) is 18.2 Å². The molecule has 0 bridgehead atoms. The Morgan fingerprint density at radius 1 is 1.50 bits per heavy atom. The van der Waals surface area contributed by atoms with Gasteiger partial charge in [0.15, 0.2) is 0 Å². The van der Waals surface area contributed by atoms with Crippen LogP contribution in [0.1, 0.15) is 19.4 Å². The molecular formula is C12H17NO3. The zero-order valence-electron chi connectivity index (χ0n) is 9.78. The number of ether oxygens (including phenoxy) is 1. The Balaban J connectivity index is 2.70. The molecule has 1 aromatic carbocycles. The van der Waals surface area contributed by atoms with Gasteiger partial charge in [0.1, 0.15) is 12.3 Å². The van der Waals surface area contributed by atoms with Gasteiger partial charge in [0, 0.05) is 5.69 Å². The molecule has 4 heteroatoms. The van der Waals surface area contributed by atoms with Gasteiger partial charge in [-0.3, -0.25) is 4.79 Å². The second kappa shape index (κ2) is 5.39. The summed E-state index contributed by atoms with van der Waals surface area (Å²) in [6.45, 7) is 5.79. The smallest absolute Gasteiger partial charge is 0.322 e. The summed E-state index contributed by atoms with van der Waals surface area (Å²) >= 11 is 0. The van der Waals surface area contributed by atoms with E-state index in [1.54, 1.807) is 0 Å². The Bertz CT molecular complexity index is 375. The first-order valence-corrected chi connectivity index (χ1v) is 5.22. The molecule has 0 spiro atoms. The fourth-order valence-corrected chi connectivity index (χ4v) is 1.32. The van der Waals surface area contributed by atoms with E-state index >= 15 is 0 Å². The number of nitrogens with one attached hydrogen (secondary N) is 1. The molecule has 0 aromatic heterocycles.